The van der Waals surface area contributed by atoms with Crippen LogP contribution in [0.5, 0.6) is 0 Å². The zero-order valence-corrected chi connectivity index (χ0v) is 26.9. The van der Waals surface area contributed by atoms with Crippen molar-refractivity contribution in [2.75, 3.05) is 6.54 Å². The molecule has 0 saturated carbocycles. The molecule has 8 rings (SSSR count). The Balaban J connectivity index is 1.20. The second-order valence-corrected chi connectivity index (χ2v) is 13.7. The highest BCUT2D eigenvalue weighted by molar-refractivity contribution is 6.21. The lowest BCUT2D eigenvalue weighted by Crippen LogP contribution is -2.10. The molecule has 224 valence electrons. The average Bonchev–Trinajstić information content (AvgIpc) is 3.10. The van der Waals surface area contributed by atoms with Gasteiger partial charge >= 0.3 is 0 Å². The first kappa shape index (κ1) is 28.3. The molecular weight excluding hydrogens is 555 g/mol. The standard InChI is InChI=1S/C45H39N/c1-45(2,3)38-22-20-33(21-23-38)43-39-8-4-6-10-41(39)44(42-11-7-5-9-40(42)43)37-19-18-35-28-34(16-17-36(35)29-37)31-14-12-30(13-15-31)32-24-26-46-27-25-32/h4-15,18-26,28-29,46H,16-17,27H2,1-3H3. The molecule has 0 saturated heterocycles. The lowest BCUT2D eigenvalue weighted by atomic mass is 9.82. The van der Waals surface area contributed by atoms with Crippen molar-refractivity contribution in [3.63, 3.8) is 0 Å². The number of dihydropyridines is 1. The van der Waals surface area contributed by atoms with Crippen LogP contribution in [-0.2, 0) is 11.8 Å². The molecule has 6 aromatic rings. The molecular formula is C45H39N. The zero-order valence-electron chi connectivity index (χ0n) is 26.9. The van der Waals surface area contributed by atoms with Crippen LogP contribution >= 0.6 is 0 Å². The summed E-state index contributed by atoms with van der Waals surface area (Å²) in [6.45, 7) is 7.72. The summed E-state index contributed by atoms with van der Waals surface area (Å²) in [6.07, 6.45) is 10.9. The molecule has 46 heavy (non-hydrogen) atoms. The van der Waals surface area contributed by atoms with Gasteiger partial charge in [0, 0.05) is 6.54 Å². The van der Waals surface area contributed by atoms with Gasteiger partial charge in [0.1, 0.15) is 0 Å². The van der Waals surface area contributed by atoms with Gasteiger partial charge in [0.05, 0.1) is 0 Å². The monoisotopic (exact) mass is 593 g/mol. The zero-order chi connectivity index (χ0) is 31.3. The Hall–Kier alpha value is -5.14. The lowest BCUT2D eigenvalue weighted by molar-refractivity contribution is 0.590. The summed E-state index contributed by atoms with van der Waals surface area (Å²) < 4.78 is 0. The van der Waals surface area contributed by atoms with Crippen molar-refractivity contribution < 1.29 is 0 Å². The largest absolute Gasteiger partial charge is 0.387 e. The van der Waals surface area contributed by atoms with Crippen LogP contribution in [0.25, 0.3) is 61.0 Å². The SMILES string of the molecule is CC(C)(C)c1ccc(-c2c3ccccc3c(-c3ccc4c(c3)CCC(c3ccc(C5=CCNC=C5)cc3)=C4)c3ccccc23)cc1. The Morgan fingerprint density at radius 3 is 1.72 bits per heavy atom. The van der Waals surface area contributed by atoms with Gasteiger partial charge in [0.25, 0.3) is 0 Å². The molecule has 2 aliphatic rings. The first-order chi connectivity index (χ1) is 22.4. The molecule has 0 fully saturated rings. The third-order valence-electron chi connectivity index (χ3n) is 9.81. The molecule has 0 aromatic heterocycles. The second kappa shape index (κ2) is 11.3. The molecule has 1 N–H and O–H groups in total. The Morgan fingerprint density at radius 1 is 0.565 bits per heavy atom. The number of fused-ring (bicyclic) bond motifs is 3. The highest BCUT2D eigenvalue weighted by Gasteiger charge is 2.20. The van der Waals surface area contributed by atoms with Crippen molar-refractivity contribution in [2.45, 2.75) is 39.0 Å². The number of nitrogens with one attached hydrogen (secondary N) is 1. The Morgan fingerprint density at radius 2 is 1.13 bits per heavy atom. The fourth-order valence-corrected chi connectivity index (χ4v) is 7.31. The topological polar surface area (TPSA) is 12.0 Å². The van der Waals surface area contributed by atoms with Gasteiger partial charge in [-0.05, 0) is 113 Å². The summed E-state index contributed by atoms with van der Waals surface area (Å²) in [4.78, 5) is 0. The molecule has 1 aliphatic carbocycles. The fourth-order valence-electron chi connectivity index (χ4n) is 7.31. The maximum Gasteiger partial charge on any atom is 0.0334 e. The van der Waals surface area contributed by atoms with Crippen LogP contribution < -0.4 is 5.32 Å². The van der Waals surface area contributed by atoms with E-state index in [1.807, 2.05) is 6.20 Å². The van der Waals surface area contributed by atoms with Crippen molar-refractivity contribution in [3.8, 4) is 22.3 Å². The summed E-state index contributed by atoms with van der Waals surface area (Å²) in [7, 11) is 0. The maximum atomic E-state index is 3.24. The van der Waals surface area contributed by atoms with Crippen LogP contribution in [0.1, 0.15) is 55.0 Å². The summed E-state index contributed by atoms with van der Waals surface area (Å²) in [5.74, 6) is 0. The van der Waals surface area contributed by atoms with E-state index in [1.54, 1.807) is 0 Å². The van der Waals surface area contributed by atoms with Crippen LogP contribution in [0.15, 0.2) is 134 Å². The van der Waals surface area contributed by atoms with Crippen LogP contribution in [0, 0.1) is 0 Å². The number of benzene rings is 6. The first-order valence-corrected chi connectivity index (χ1v) is 16.5. The normalized spacial score (nSPS) is 14.5. The fraction of sp³-hybridized carbons (Fsp3) is 0.156. The molecule has 0 spiro atoms. The highest BCUT2D eigenvalue weighted by Crippen LogP contribution is 2.45. The van der Waals surface area contributed by atoms with Crippen molar-refractivity contribution in [2.24, 2.45) is 0 Å². The van der Waals surface area contributed by atoms with Crippen molar-refractivity contribution in [1.29, 1.82) is 0 Å². The summed E-state index contributed by atoms with van der Waals surface area (Å²) in [5, 5.41) is 8.46. The molecule has 1 heterocycles. The summed E-state index contributed by atoms with van der Waals surface area (Å²) >= 11 is 0. The minimum atomic E-state index is 0.127. The van der Waals surface area contributed by atoms with E-state index < -0.39 is 0 Å². The summed E-state index contributed by atoms with van der Waals surface area (Å²) in [5.41, 5.74) is 14.8. The van der Waals surface area contributed by atoms with Crippen LogP contribution in [0.2, 0.25) is 0 Å². The third kappa shape index (κ3) is 5.07. The maximum absolute atomic E-state index is 3.24. The van der Waals surface area contributed by atoms with Gasteiger partial charge in [-0.3, -0.25) is 0 Å². The van der Waals surface area contributed by atoms with Crippen LogP contribution in [0.3, 0.4) is 0 Å². The highest BCUT2D eigenvalue weighted by atomic mass is 14.8. The van der Waals surface area contributed by atoms with Gasteiger partial charge in [0.2, 0.25) is 0 Å². The Labute approximate surface area is 272 Å². The first-order valence-electron chi connectivity index (χ1n) is 16.5. The predicted molar refractivity (Wildman–Crippen MR) is 199 cm³/mol. The van der Waals surface area contributed by atoms with E-state index in [-0.39, 0.29) is 5.41 Å². The molecule has 0 bridgehead atoms. The molecule has 0 unspecified atom stereocenters. The van der Waals surface area contributed by atoms with E-state index in [0.717, 1.165) is 19.4 Å². The Bertz CT molecular complexity index is 2140. The quantitative estimate of drug-likeness (QED) is 0.201. The molecule has 0 amide bonds. The molecule has 1 nitrogen and oxygen atoms in total. The van der Waals surface area contributed by atoms with Gasteiger partial charge in [-0.15, -0.1) is 0 Å². The number of allylic oxidation sites excluding steroid dienone is 3. The van der Waals surface area contributed by atoms with Gasteiger partial charge in [-0.1, -0.05) is 148 Å². The number of hydrogen-bond acceptors (Lipinski definition) is 1. The molecule has 6 aromatic carbocycles. The van der Waals surface area contributed by atoms with E-state index in [4.69, 9.17) is 0 Å². The number of hydrogen-bond donors (Lipinski definition) is 1. The molecule has 1 aliphatic heterocycles. The Kier molecular flexibility index (Phi) is 6.99. The van der Waals surface area contributed by atoms with Gasteiger partial charge < -0.3 is 5.32 Å². The molecule has 0 radical (unpaired) electrons. The molecule has 1 heteroatoms. The second-order valence-electron chi connectivity index (χ2n) is 13.7. The minimum Gasteiger partial charge on any atom is -0.387 e. The molecule has 0 atom stereocenters. The predicted octanol–water partition coefficient (Wildman–Crippen LogP) is 11.6. The minimum absolute atomic E-state index is 0.127. The summed E-state index contributed by atoms with van der Waals surface area (Å²) in [6, 6.07) is 43.4. The average molecular weight is 594 g/mol. The third-order valence-corrected chi connectivity index (χ3v) is 9.81. The van der Waals surface area contributed by atoms with Crippen molar-refractivity contribution >= 4 is 38.8 Å². The van der Waals surface area contributed by atoms with Gasteiger partial charge in [-0.2, -0.15) is 0 Å². The van der Waals surface area contributed by atoms with E-state index in [1.165, 1.54) is 82.8 Å². The van der Waals surface area contributed by atoms with E-state index in [2.05, 4.69) is 160 Å². The van der Waals surface area contributed by atoms with Crippen LogP contribution in [0.4, 0.5) is 0 Å². The van der Waals surface area contributed by atoms with E-state index >= 15 is 0 Å². The smallest absolute Gasteiger partial charge is 0.0334 e. The lowest BCUT2D eigenvalue weighted by Gasteiger charge is -2.22. The number of aryl methyl sites for hydroxylation is 1. The van der Waals surface area contributed by atoms with Crippen molar-refractivity contribution in [3.05, 3.63) is 161 Å². The van der Waals surface area contributed by atoms with Crippen LogP contribution in [-0.4, -0.2) is 6.54 Å². The van der Waals surface area contributed by atoms with Gasteiger partial charge in [-0.25, -0.2) is 0 Å². The van der Waals surface area contributed by atoms with Crippen molar-refractivity contribution in [1.82, 2.24) is 5.32 Å². The van der Waals surface area contributed by atoms with E-state index in [9.17, 15) is 0 Å². The number of rotatable bonds is 4. The van der Waals surface area contributed by atoms with E-state index in [0.29, 0.717) is 0 Å². The van der Waals surface area contributed by atoms with Gasteiger partial charge in [0.15, 0.2) is 0 Å².